The molecule has 2 aromatic rings. The molecule has 130 valence electrons. The number of benzene rings is 2. The third-order valence-corrected chi connectivity index (χ3v) is 4.85. The van der Waals surface area contributed by atoms with Gasteiger partial charge in [0, 0.05) is 19.3 Å². The van der Waals surface area contributed by atoms with Gasteiger partial charge in [-0.2, -0.15) is 0 Å². The zero-order valence-corrected chi connectivity index (χ0v) is 14.4. The molecule has 2 rings (SSSR count). The summed E-state index contributed by atoms with van der Waals surface area (Å²) in [4.78, 5) is 0.207. The van der Waals surface area contributed by atoms with E-state index in [1.165, 1.54) is 12.1 Å². The van der Waals surface area contributed by atoms with E-state index in [2.05, 4.69) is 4.72 Å². The second kappa shape index (κ2) is 8.68. The summed E-state index contributed by atoms with van der Waals surface area (Å²) in [5.41, 5.74) is 7.33. The van der Waals surface area contributed by atoms with Crippen LogP contribution in [-0.4, -0.2) is 35.3 Å². The van der Waals surface area contributed by atoms with Crippen LogP contribution in [-0.2, 0) is 21.2 Å². The molecule has 0 aliphatic rings. The van der Waals surface area contributed by atoms with Crippen molar-refractivity contribution in [2.24, 2.45) is 0 Å². The first-order valence-corrected chi connectivity index (χ1v) is 9.05. The number of hydrogen-bond acceptors (Lipinski definition) is 5. The van der Waals surface area contributed by atoms with E-state index in [0.29, 0.717) is 37.6 Å². The van der Waals surface area contributed by atoms with Gasteiger partial charge in [-0.05, 0) is 48.4 Å². The molecule has 0 aliphatic carbocycles. The van der Waals surface area contributed by atoms with E-state index >= 15 is 0 Å². The Morgan fingerprint density at radius 2 is 1.67 bits per heavy atom. The summed E-state index contributed by atoms with van der Waals surface area (Å²) in [6, 6.07) is 13.7. The average molecular weight is 350 g/mol. The van der Waals surface area contributed by atoms with Crippen molar-refractivity contribution >= 4 is 15.7 Å². The maximum absolute atomic E-state index is 12.3. The maximum atomic E-state index is 12.3. The Kier molecular flexibility index (Phi) is 6.60. The zero-order chi connectivity index (χ0) is 17.4. The number of methoxy groups -OCH3 is 1. The first-order valence-electron chi connectivity index (χ1n) is 7.57. The van der Waals surface area contributed by atoms with Crippen LogP contribution in [0.25, 0.3) is 0 Å². The topological polar surface area (TPSA) is 90.6 Å². The molecule has 0 amide bonds. The Hall–Kier alpha value is -2.09. The molecule has 0 radical (unpaired) electrons. The number of nitrogens with one attached hydrogen (secondary N) is 1. The third kappa shape index (κ3) is 5.52. The third-order valence-electron chi connectivity index (χ3n) is 3.38. The Morgan fingerprint density at radius 3 is 2.29 bits per heavy atom. The number of nitrogen functional groups attached to an aromatic ring is 1. The van der Waals surface area contributed by atoms with Crippen molar-refractivity contribution in [3.8, 4) is 5.75 Å². The summed E-state index contributed by atoms with van der Waals surface area (Å²) in [5.74, 6) is 0.605. The lowest BCUT2D eigenvalue weighted by Gasteiger charge is -2.09. The van der Waals surface area contributed by atoms with Crippen molar-refractivity contribution < 1.29 is 17.9 Å². The van der Waals surface area contributed by atoms with Gasteiger partial charge in [-0.1, -0.05) is 12.1 Å². The average Bonchev–Trinajstić information content (AvgIpc) is 2.57. The molecule has 24 heavy (non-hydrogen) atoms. The summed E-state index contributed by atoms with van der Waals surface area (Å²) >= 11 is 0. The molecule has 0 saturated heterocycles. The summed E-state index contributed by atoms with van der Waals surface area (Å²) in [5, 5.41) is 0. The van der Waals surface area contributed by atoms with Gasteiger partial charge in [0.25, 0.3) is 0 Å². The molecule has 0 atom stereocenters. The van der Waals surface area contributed by atoms with Crippen LogP contribution in [0.2, 0.25) is 0 Å². The predicted molar refractivity (Wildman–Crippen MR) is 93.6 cm³/mol. The lowest BCUT2D eigenvalue weighted by Crippen LogP contribution is -2.26. The number of hydrogen-bond donors (Lipinski definition) is 2. The molecule has 2 aromatic carbocycles. The van der Waals surface area contributed by atoms with Crippen molar-refractivity contribution in [3.63, 3.8) is 0 Å². The minimum Gasteiger partial charge on any atom is -0.491 e. The molecule has 3 N–H and O–H groups in total. The first-order chi connectivity index (χ1) is 11.5. The van der Waals surface area contributed by atoms with Crippen LogP contribution in [0.3, 0.4) is 0 Å². The van der Waals surface area contributed by atoms with E-state index in [9.17, 15) is 8.42 Å². The Bertz CT molecular complexity index is 728. The molecule has 0 aromatic heterocycles. The van der Waals surface area contributed by atoms with Crippen LogP contribution in [0.1, 0.15) is 5.56 Å². The Balaban J connectivity index is 1.88. The second-order valence-electron chi connectivity index (χ2n) is 5.20. The number of ether oxygens (including phenoxy) is 2. The zero-order valence-electron chi connectivity index (χ0n) is 13.6. The highest BCUT2D eigenvalue weighted by molar-refractivity contribution is 7.89. The SMILES string of the molecule is COCCOc1ccc(S(=O)(=O)NCCc2ccc(N)cc2)cc1. The van der Waals surface area contributed by atoms with Gasteiger partial charge in [-0.15, -0.1) is 0 Å². The van der Waals surface area contributed by atoms with Crippen LogP contribution >= 0.6 is 0 Å². The van der Waals surface area contributed by atoms with Crippen LogP contribution < -0.4 is 15.2 Å². The normalized spacial score (nSPS) is 11.4. The first kappa shape index (κ1) is 18.3. The number of nitrogens with two attached hydrogens (primary N) is 1. The summed E-state index contributed by atoms with van der Waals surface area (Å²) in [6.07, 6.45) is 0.595. The molecule has 0 spiro atoms. The van der Waals surface area contributed by atoms with Gasteiger partial charge in [-0.3, -0.25) is 0 Å². The van der Waals surface area contributed by atoms with E-state index in [1.54, 1.807) is 31.4 Å². The lowest BCUT2D eigenvalue weighted by atomic mass is 10.1. The van der Waals surface area contributed by atoms with Crippen LogP contribution in [0, 0.1) is 0 Å². The van der Waals surface area contributed by atoms with Gasteiger partial charge in [0.05, 0.1) is 11.5 Å². The molecule has 0 saturated carbocycles. The van der Waals surface area contributed by atoms with Crippen LogP contribution in [0.15, 0.2) is 53.4 Å². The quantitative estimate of drug-likeness (QED) is 0.532. The lowest BCUT2D eigenvalue weighted by molar-refractivity contribution is 0.146. The fourth-order valence-electron chi connectivity index (χ4n) is 2.06. The molecule has 0 unspecified atom stereocenters. The Morgan fingerprint density at radius 1 is 1.00 bits per heavy atom. The molecule has 7 heteroatoms. The van der Waals surface area contributed by atoms with Gasteiger partial charge in [-0.25, -0.2) is 13.1 Å². The molecule has 0 fully saturated rings. The summed E-state index contributed by atoms with van der Waals surface area (Å²) < 4.78 is 37.4. The van der Waals surface area contributed by atoms with Crippen molar-refractivity contribution in [1.82, 2.24) is 4.72 Å². The number of rotatable bonds is 9. The van der Waals surface area contributed by atoms with E-state index in [-0.39, 0.29) is 4.90 Å². The van der Waals surface area contributed by atoms with Crippen molar-refractivity contribution in [2.75, 3.05) is 32.6 Å². The molecule has 0 bridgehead atoms. The highest BCUT2D eigenvalue weighted by Gasteiger charge is 2.13. The number of anilines is 1. The van der Waals surface area contributed by atoms with E-state index < -0.39 is 10.0 Å². The minimum absolute atomic E-state index is 0.207. The van der Waals surface area contributed by atoms with Crippen molar-refractivity contribution in [2.45, 2.75) is 11.3 Å². The van der Waals surface area contributed by atoms with Gasteiger partial charge in [0.2, 0.25) is 10.0 Å². The van der Waals surface area contributed by atoms with Crippen molar-refractivity contribution in [3.05, 3.63) is 54.1 Å². The van der Waals surface area contributed by atoms with E-state index in [1.807, 2.05) is 12.1 Å². The fraction of sp³-hybridized carbons (Fsp3) is 0.294. The van der Waals surface area contributed by atoms with Gasteiger partial charge >= 0.3 is 0 Å². The van der Waals surface area contributed by atoms with Crippen LogP contribution in [0.4, 0.5) is 5.69 Å². The standard InChI is InChI=1S/C17H22N2O4S/c1-22-12-13-23-16-6-8-17(9-7-16)24(20,21)19-11-10-14-2-4-15(18)5-3-14/h2-9,19H,10-13,18H2,1H3. The Labute approximate surface area is 142 Å². The maximum Gasteiger partial charge on any atom is 0.240 e. The predicted octanol–water partition coefficient (Wildman–Crippen LogP) is 1.81. The largest absolute Gasteiger partial charge is 0.491 e. The van der Waals surface area contributed by atoms with Gasteiger partial charge in [0.15, 0.2) is 0 Å². The summed E-state index contributed by atoms with van der Waals surface area (Å²) in [6.45, 7) is 1.22. The molecule has 0 aliphatic heterocycles. The molecular weight excluding hydrogens is 328 g/mol. The van der Waals surface area contributed by atoms with Gasteiger partial charge < -0.3 is 15.2 Å². The molecular formula is C17H22N2O4S. The summed E-state index contributed by atoms with van der Waals surface area (Å²) in [7, 11) is -1.94. The monoisotopic (exact) mass is 350 g/mol. The van der Waals surface area contributed by atoms with Gasteiger partial charge in [0.1, 0.15) is 12.4 Å². The second-order valence-corrected chi connectivity index (χ2v) is 6.97. The fourth-order valence-corrected chi connectivity index (χ4v) is 3.09. The van der Waals surface area contributed by atoms with Crippen LogP contribution in [0.5, 0.6) is 5.75 Å². The van der Waals surface area contributed by atoms with E-state index in [4.69, 9.17) is 15.2 Å². The van der Waals surface area contributed by atoms with Crippen molar-refractivity contribution in [1.29, 1.82) is 0 Å². The molecule has 0 heterocycles. The highest BCUT2D eigenvalue weighted by atomic mass is 32.2. The molecule has 6 nitrogen and oxygen atoms in total. The highest BCUT2D eigenvalue weighted by Crippen LogP contribution is 2.16. The minimum atomic E-state index is -3.54. The number of sulfonamides is 1. The van der Waals surface area contributed by atoms with E-state index in [0.717, 1.165) is 5.56 Å². The smallest absolute Gasteiger partial charge is 0.240 e.